The Morgan fingerprint density at radius 1 is 1.44 bits per heavy atom. The molecule has 1 heterocycles. The first-order valence-corrected chi connectivity index (χ1v) is 6.58. The van der Waals surface area contributed by atoms with E-state index < -0.39 is 15.6 Å². The summed E-state index contributed by atoms with van der Waals surface area (Å²) in [4.78, 5) is 13.5. The van der Waals surface area contributed by atoms with Gasteiger partial charge in [-0.15, -0.1) is 0 Å². The lowest BCUT2D eigenvalue weighted by Crippen LogP contribution is -2.32. The molecule has 1 aromatic heterocycles. The summed E-state index contributed by atoms with van der Waals surface area (Å²) in [6.45, 7) is 2.41. The van der Waals surface area contributed by atoms with E-state index in [1.54, 1.807) is 0 Å². The van der Waals surface area contributed by atoms with Gasteiger partial charge in [0.05, 0.1) is 0 Å². The maximum atomic E-state index is 12.0. The van der Waals surface area contributed by atoms with E-state index in [1.165, 1.54) is 29.7 Å². The Bertz CT molecular complexity index is 493. The summed E-state index contributed by atoms with van der Waals surface area (Å²) < 4.78 is 25.1. The highest BCUT2D eigenvalue weighted by Gasteiger charge is 2.22. The number of rotatable bonds is 5. The number of hydrogen-bond donors (Lipinski definition) is 1. The van der Waals surface area contributed by atoms with Gasteiger partial charge >= 0.3 is 0 Å². The zero-order valence-electron chi connectivity index (χ0n) is 9.43. The third kappa shape index (κ3) is 2.70. The van der Waals surface area contributed by atoms with E-state index in [0.29, 0.717) is 6.54 Å². The summed E-state index contributed by atoms with van der Waals surface area (Å²) >= 11 is 0. The van der Waals surface area contributed by atoms with Gasteiger partial charge in [-0.05, 0) is 18.6 Å². The molecule has 90 valence electrons. The Morgan fingerprint density at radius 3 is 2.69 bits per heavy atom. The summed E-state index contributed by atoms with van der Waals surface area (Å²) in [6, 6.07) is 2.82. The molecule has 0 bridgehead atoms. The fourth-order valence-corrected chi connectivity index (χ4v) is 2.53. The van der Waals surface area contributed by atoms with Gasteiger partial charge in [0.2, 0.25) is 10.0 Å². The molecule has 0 aromatic carbocycles. The minimum atomic E-state index is -3.65. The number of sulfonamides is 1. The summed E-state index contributed by atoms with van der Waals surface area (Å²) in [5, 5.41) is 0. The van der Waals surface area contributed by atoms with Gasteiger partial charge in [-0.1, -0.05) is 13.3 Å². The van der Waals surface area contributed by atoms with E-state index in [4.69, 9.17) is 0 Å². The maximum Gasteiger partial charge on any atom is 0.268 e. The lowest BCUT2D eigenvalue weighted by Gasteiger charge is -2.15. The van der Waals surface area contributed by atoms with Crippen molar-refractivity contribution in [2.45, 2.75) is 24.7 Å². The molecule has 1 rings (SSSR count). The van der Waals surface area contributed by atoms with Gasteiger partial charge in [-0.2, -0.15) is 0 Å². The summed E-state index contributed by atoms with van der Waals surface area (Å²) in [5.41, 5.74) is -0.578. The zero-order valence-corrected chi connectivity index (χ0v) is 10.3. The molecule has 0 aliphatic rings. The lowest BCUT2D eigenvalue weighted by molar-refractivity contribution is 0.458. The molecule has 0 radical (unpaired) electrons. The monoisotopic (exact) mass is 244 g/mol. The van der Waals surface area contributed by atoms with Crippen LogP contribution in [0.3, 0.4) is 0 Å². The number of aromatic nitrogens is 1. The summed E-state index contributed by atoms with van der Waals surface area (Å²) in [5.74, 6) is 0. The average Bonchev–Trinajstić information content (AvgIpc) is 2.26. The molecule has 0 atom stereocenters. The Hall–Kier alpha value is -1.14. The van der Waals surface area contributed by atoms with Gasteiger partial charge in [0.1, 0.15) is 4.90 Å². The van der Waals surface area contributed by atoms with Crippen molar-refractivity contribution in [3.8, 4) is 0 Å². The summed E-state index contributed by atoms with van der Waals surface area (Å²) in [7, 11) is -2.17. The van der Waals surface area contributed by atoms with Crippen LogP contribution in [0.5, 0.6) is 0 Å². The highest BCUT2D eigenvalue weighted by atomic mass is 32.2. The van der Waals surface area contributed by atoms with Crippen molar-refractivity contribution in [3.63, 3.8) is 0 Å². The second-order valence-electron chi connectivity index (χ2n) is 3.54. The largest absolute Gasteiger partial charge is 0.328 e. The number of hydrogen-bond acceptors (Lipinski definition) is 3. The average molecular weight is 244 g/mol. The number of nitrogens with one attached hydrogen (secondary N) is 1. The number of aromatic amines is 1. The first kappa shape index (κ1) is 12.9. The van der Waals surface area contributed by atoms with E-state index in [1.807, 2.05) is 6.92 Å². The van der Waals surface area contributed by atoms with Crippen LogP contribution in [0.25, 0.3) is 0 Å². The maximum absolute atomic E-state index is 12.0. The van der Waals surface area contributed by atoms with Crippen molar-refractivity contribution < 1.29 is 8.42 Å². The highest BCUT2D eigenvalue weighted by Crippen LogP contribution is 2.09. The molecule has 0 saturated carbocycles. The molecule has 1 N–H and O–H groups in total. The SMILES string of the molecule is CCCCN(C)S(=O)(=O)c1ccc[nH]c1=O. The van der Waals surface area contributed by atoms with Crippen molar-refractivity contribution in [1.29, 1.82) is 0 Å². The molecule has 0 unspecified atom stereocenters. The molecule has 0 saturated heterocycles. The number of unbranched alkanes of at least 4 members (excludes halogenated alkanes) is 1. The van der Waals surface area contributed by atoms with E-state index in [0.717, 1.165) is 12.8 Å². The first-order chi connectivity index (χ1) is 7.50. The molecular weight excluding hydrogens is 228 g/mol. The van der Waals surface area contributed by atoms with Crippen LogP contribution in [-0.2, 0) is 10.0 Å². The fourth-order valence-electron chi connectivity index (χ4n) is 1.28. The van der Waals surface area contributed by atoms with Crippen LogP contribution in [-0.4, -0.2) is 31.3 Å². The van der Waals surface area contributed by atoms with Gasteiger partial charge < -0.3 is 4.98 Å². The quantitative estimate of drug-likeness (QED) is 0.832. The standard InChI is InChI=1S/C10H16N2O3S/c1-3-4-8-12(2)16(14,15)9-6-5-7-11-10(9)13/h5-7H,3-4,8H2,1-2H3,(H,11,13). The van der Waals surface area contributed by atoms with Crippen molar-refractivity contribution in [2.75, 3.05) is 13.6 Å². The van der Waals surface area contributed by atoms with Gasteiger partial charge in [0.25, 0.3) is 5.56 Å². The van der Waals surface area contributed by atoms with Crippen molar-refractivity contribution in [2.24, 2.45) is 0 Å². The normalized spacial score (nSPS) is 11.9. The third-order valence-electron chi connectivity index (χ3n) is 2.30. The fraction of sp³-hybridized carbons (Fsp3) is 0.500. The van der Waals surface area contributed by atoms with Crippen LogP contribution in [0.15, 0.2) is 28.0 Å². The highest BCUT2D eigenvalue weighted by molar-refractivity contribution is 7.89. The van der Waals surface area contributed by atoms with Crippen molar-refractivity contribution >= 4 is 10.0 Å². The van der Waals surface area contributed by atoms with E-state index >= 15 is 0 Å². The van der Waals surface area contributed by atoms with E-state index in [2.05, 4.69) is 4.98 Å². The van der Waals surface area contributed by atoms with Crippen LogP contribution < -0.4 is 5.56 Å². The van der Waals surface area contributed by atoms with Crippen LogP contribution in [0.4, 0.5) is 0 Å². The molecule has 0 spiro atoms. The molecule has 0 fully saturated rings. The lowest BCUT2D eigenvalue weighted by atomic mass is 10.3. The Balaban J connectivity index is 3.03. The predicted octanol–water partition coefficient (Wildman–Crippen LogP) is 0.796. The topological polar surface area (TPSA) is 70.2 Å². The van der Waals surface area contributed by atoms with Gasteiger partial charge in [0, 0.05) is 19.8 Å². The van der Waals surface area contributed by atoms with Gasteiger partial charge in [-0.3, -0.25) is 4.79 Å². The third-order valence-corrected chi connectivity index (χ3v) is 4.18. The molecule has 6 heteroatoms. The van der Waals surface area contributed by atoms with Crippen molar-refractivity contribution in [1.82, 2.24) is 9.29 Å². The first-order valence-electron chi connectivity index (χ1n) is 5.14. The van der Waals surface area contributed by atoms with Crippen LogP contribution in [0.1, 0.15) is 19.8 Å². The molecule has 0 aliphatic heterocycles. The molecular formula is C10H16N2O3S. The van der Waals surface area contributed by atoms with Crippen LogP contribution in [0, 0.1) is 0 Å². The molecule has 0 aliphatic carbocycles. The van der Waals surface area contributed by atoms with Gasteiger partial charge in [0.15, 0.2) is 0 Å². The van der Waals surface area contributed by atoms with E-state index in [9.17, 15) is 13.2 Å². The zero-order chi connectivity index (χ0) is 12.2. The Kier molecular flexibility index (Phi) is 4.26. The smallest absolute Gasteiger partial charge is 0.268 e. The number of pyridine rings is 1. The van der Waals surface area contributed by atoms with Crippen LogP contribution in [0.2, 0.25) is 0 Å². The predicted molar refractivity (Wildman–Crippen MR) is 61.8 cm³/mol. The summed E-state index contributed by atoms with van der Waals surface area (Å²) in [6.07, 6.45) is 3.10. The second-order valence-corrected chi connectivity index (χ2v) is 5.56. The minimum absolute atomic E-state index is 0.200. The molecule has 0 amide bonds. The number of H-pyrrole nitrogens is 1. The van der Waals surface area contributed by atoms with Crippen molar-refractivity contribution in [3.05, 3.63) is 28.7 Å². The Labute approximate surface area is 95.2 Å². The second kappa shape index (κ2) is 5.27. The van der Waals surface area contributed by atoms with E-state index in [-0.39, 0.29) is 4.90 Å². The van der Waals surface area contributed by atoms with Gasteiger partial charge in [-0.25, -0.2) is 12.7 Å². The van der Waals surface area contributed by atoms with Crippen LogP contribution >= 0.6 is 0 Å². The Morgan fingerprint density at radius 2 is 2.12 bits per heavy atom. The minimum Gasteiger partial charge on any atom is -0.328 e. The molecule has 1 aromatic rings. The number of nitrogens with zero attached hydrogens (tertiary/aromatic N) is 1. The molecule has 16 heavy (non-hydrogen) atoms. The molecule has 5 nitrogen and oxygen atoms in total.